The summed E-state index contributed by atoms with van der Waals surface area (Å²) in [6.45, 7) is 2.50. The molecule has 2 atom stereocenters. The molecule has 2 N–H and O–H groups in total. The number of nitrogens with two attached hydrogens (primary N) is 1. The van der Waals surface area contributed by atoms with E-state index in [2.05, 4.69) is 0 Å². The van der Waals surface area contributed by atoms with E-state index in [1.807, 2.05) is 29.2 Å². The first-order valence-electron chi connectivity index (χ1n) is 8.06. The van der Waals surface area contributed by atoms with E-state index in [1.165, 1.54) is 0 Å². The first kappa shape index (κ1) is 15.8. The number of amides is 2. The number of methoxy groups -OCH3 is 1. The molecule has 6 nitrogen and oxygen atoms in total. The molecule has 0 radical (unpaired) electrons. The molecule has 23 heavy (non-hydrogen) atoms. The number of hydrogen-bond acceptors (Lipinski definition) is 4. The van der Waals surface area contributed by atoms with Crippen LogP contribution in [0.25, 0.3) is 0 Å². The molecule has 2 aliphatic rings. The molecule has 124 valence electrons. The summed E-state index contributed by atoms with van der Waals surface area (Å²) in [5, 5.41) is 0. The Balaban J connectivity index is 1.71. The number of nitrogens with zero attached hydrogens (tertiary/aromatic N) is 2. The Morgan fingerprint density at radius 3 is 2.83 bits per heavy atom. The lowest BCUT2D eigenvalue weighted by Crippen LogP contribution is -2.36. The fourth-order valence-electron chi connectivity index (χ4n) is 3.44. The van der Waals surface area contributed by atoms with Crippen molar-refractivity contribution in [3.8, 4) is 5.75 Å². The van der Waals surface area contributed by atoms with Crippen LogP contribution in [0.2, 0.25) is 0 Å². The highest BCUT2D eigenvalue weighted by Gasteiger charge is 2.39. The number of likely N-dealkylation sites (tertiary alicyclic amines) is 1. The van der Waals surface area contributed by atoms with Crippen molar-refractivity contribution in [3.05, 3.63) is 24.3 Å². The average Bonchev–Trinajstić information content (AvgIpc) is 3.20. The molecular weight excluding hydrogens is 294 g/mol. The van der Waals surface area contributed by atoms with Crippen LogP contribution in [0, 0.1) is 11.8 Å². The molecule has 1 aromatic rings. The lowest BCUT2D eigenvalue weighted by Gasteiger charge is -2.22. The molecule has 2 unspecified atom stereocenters. The summed E-state index contributed by atoms with van der Waals surface area (Å²) in [5.74, 6) is 0.817. The standard InChI is InChI=1S/C17H23N3O3/c1-23-15-5-3-2-4-14(15)20-11-13(8-16(20)21)17(22)19-7-6-12(9-18)10-19/h2-5,12-13H,6-11,18H2,1H3. The Morgan fingerprint density at radius 2 is 2.13 bits per heavy atom. The molecule has 0 spiro atoms. The minimum atomic E-state index is -0.274. The Bertz CT molecular complexity index is 605. The van der Waals surface area contributed by atoms with Gasteiger partial charge in [0.2, 0.25) is 11.8 Å². The predicted octanol–water partition coefficient (Wildman–Crippen LogP) is 0.855. The largest absolute Gasteiger partial charge is 0.495 e. The van der Waals surface area contributed by atoms with Gasteiger partial charge in [-0.15, -0.1) is 0 Å². The Hall–Kier alpha value is -2.08. The van der Waals surface area contributed by atoms with Gasteiger partial charge in [0.1, 0.15) is 5.75 Å². The maximum absolute atomic E-state index is 12.7. The zero-order chi connectivity index (χ0) is 16.4. The SMILES string of the molecule is COc1ccccc1N1CC(C(=O)N2CCC(CN)C2)CC1=O. The number of anilines is 1. The smallest absolute Gasteiger partial charge is 0.228 e. The fourth-order valence-corrected chi connectivity index (χ4v) is 3.44. The number of ether oxygens (including phenoxy) is 1. The Labute approximate surface area is 136 Å². The number of carbonyl (C=O) groups is 2. The number of hydrogen-bond donors (Lipinski definition) is 1. The molecule has 2 aliphatic heterocycles. The van der Waals surface area contributed by atoms with Gasteiger partial charge >= 0.3 is 0 Å². The van der Waals surface area contributed by atoms with Crippen molar-refractivity contribution < 1.29 is 14.3 Å². The van der Waals surface area contributed by atoms with E-state index in [9.17, 15) is 9.59 Å². The molecule has 6 heteroatoms. The van der Waals surface area contributed by atoms with Gasteiger partial charge in [-0.05, 0) is 31.0 Å². The monoisotopic (exact) mass is 317 g/mol. The van der Waals surface area contributed by atoms with E-state index < -0.39 is 0 Å². The molecule has 0 saturated carbocycles. The Kier molecular flexibility index (Phi) is 4.52. The number of benzene rings is 1. The van der Waals surface area contributed by atoms with E-state index in [4.69, 9.17) is 10.5 Å². The van der Waals surface area contributed by atoms with Gasteiger partial charge < -0.3 is 20.3 Å². The third-order valence-electron chi connectivity index (χ3n) is 4.78. The van der Waals surface area contributed by atoms with Crippen LogP contribution in [0.15, 0.2) is 24.3 Å². The summed E-state index contributed by atoms with van der Waals surface area (Å²) in [4.78, 5) is 28.6. The summed E-state index contributed by atoms with van der Waals surface area (Å²) < 4.78 is 5.33. The second-order valence-electron chi connectivity index (χ2n) is 6.25. The molecule has 0 bridgehead atoms. The molecule has 1 aromatic carbocycles. The van der Waals surface area contributed by atoms with Gasteiger partial charge in [0.15, 0.2) is 0 Å². The number of carbonyl (C=O) groups excluding carboxylic acids is 2. The van der Waals surface area contributed by atoms with Gasteiger partial charge in [0, 0.05) is 26.1 Å². The summed E-state index contributed by atoms with van der Waals surface area (Å²) in [6.07, 6.45) is 1.22. The highest BCUT2D eigenvalue weighted by Crippen LogP contribution is 2.33. The quantitative estimate of drug-likeness (QED) is 0.893. The lowest BCUT2D eigenvalue weighted by atomic mass is 10.1. The van der Waals surface area contributed by atoms with Gasteiger partial charge in [-0.1, -0.05) is 12.1 Å². The maximum Gasteiger partial charge on any atom is 0.228 e. The van der Waals surface area contributed by atoms with Crippen LogP contribution in [0.4, 0.5) is 5.69 Å². The van der Waals surface area contributed by atoms with Gasteiger partial charge in [0.05, 0.1) is 18.7 Å². The Morgan fingerprint density at radius 1 is 1.35 bits per heavy atom. The van der Waals surface area contributed by atoms with Crippen molar-refractivity contribution in [2.45, 2.75) is 12.8 Å². The first-order chi connectivity index (χ1) is 11.1. The van der Waals surface area contributed by atoms with Gasteiger partial charge in [-0.3, -0.25) is 9.59 Å². The second kappa shape index (κ2) is 6.58. The summed E-state index contributed by atoms with van der Waals surface area (Å²) in [5.41, 5.74) is 6.42. The normalized spacial score (nSPS) is 24.3. The van der Waals surface area contributed by atoms with Crippen molar-refractivity contribution in [1.29, 1.82) is 0 Å². The zero-order valence-corrected chi connectivity index (χ0v) is 13.4. The van der Waals surface area contributed by atoms with Crippen LogP contribution in [0.1, 0.15) is 12.8 Å². The van der Waals surface area contributed by atoms with Crippen molar-refractivity contribution in [2.75, 3.05) is 38.2 Å². The summed E-state index contributed by atoms with van der Waals surface area (Å²) in [7, 11) is 1.58. The van der Waals surface area contributed by atoms with Crippen molar-refractivity contribution in [3.63, 3.8) is 0 Å². The molecule has 2 saturated heterocycles. The maximum atomic E-state index is 12.7. The van der Waals surface area contributed by atoms with E-state index in [0.29, 0.717) is 31.3 Å². The summed E-state index contributed by atoms with van der Waals surface area (Å²) in [6, 6.07) is 7.41. The highest BCUT2D eigenvalue weighted by atomic mass is 16.5. The molecule has 0 aliphatic carbocycles. The third-order valence-corrected chi connectivity index (χ3v) is 4.78. The fraction of sp³-hybridized carbons (Fsp3) is 0.529. The van der Waals surface area contributed by atoms with E-state index in [1.54, 1.807) is 12.0 Å². The summed E-state index contributed by atoms with van der Waals surface area (Å²) >= 11 is 0. The van der Waals surface area contributed by atoms with E-state index in [0.717, 1.165) is 18.7 Å². The minimum absolute atomic E-state index is 0.0255. The van der Waals surface area contributed by atoms with Crippen LogP contribution in [0.5, 0.6) is 5.75 Å². The van der Waals surface area contributed by atoms with Crippen molar-refractivity contribution in [1.82, 2.24) is 4.90 Å². The third kappa shape index (κ3) is 3.03. The minimum Gasteiger partial charge on any atom is -0.495 e. The molecule has 2 heterocycles. The van der Waals surface area contributed by atoms with Gasteiger partial charge in [0.25, 0.3) is 0 Å². The zero-order valence-electron chi connectivity index (χ0n) is 13.4. The average molecular weight is 317 g/mol. The van der Waals surface area contributed by atoms with Crippen LogP contribution < -0.4 is 15.4 Å². The van der Waals surface area contributed by atoms with Gasteiger partial charge in [-0.25, -0.2) is 0 Å². The van der Waals surface area contributed by atoms with Crippen LogP contribution >= 0.6 is 0 Å². The topological polar surface area (TPSA) is 75.9 Å². The van der Waals surface area contributed by atoms with Crippen LogP contribution in [-0.4, -0.2) is 50.0 Å². The molecule has 0 aromatic heterocycles. The van der Waals surface area contributed by atoms with E-state index >= 15 is 0 Å². The lowest BCUT2D eigenvalue weighted by molar-refractivity contribution is -0.134. The molecule has 3 rings (SSSR count). The first-order valence-corrected chi connectivity index (χ1v) is 8.06. The van der Waals surface area contributed by atoms with E-state index in [-0.39, 0.29) is 24.2 Å². The highest BCUT2D eigenvalue weighted by molar-refractivity contribution is 6.01. The predicted molar refractivity (Wildman–Crippen MR) is 87.2 cm³/mol. The van der Waals surface area contributed by atoms with Crippen molar-refractivity contribution in [2.24, 2.45) is 17.6 Å². The number of rotatable bonds is 4. The molecule has 2 fully saturated rings. The molecular formula is C17H23N3O3. The number of para-hydroxylation sites is 2. The van der Waals surface area contributed by atoms with Crippen LogP contribution in [0.3, 0.4) is 0 Å². The van der Waals surface area contributed by atoms with Gasteiger partial charge in [-0.2, -0.15) is 0 Å². The van der Waals surface area contributed by atoms with Crippen molar-refractivity contribution >= 4 is 17.5 Å². The second-order valence-corrected chi connectivity index (χ2v) is 6.25. The molecule has 2 amide bonds. The van der Waals surface area contributed by atoms with Crippen LogP contribution in [-0.2, 0) is 9.59 Å².